The summed E-state index contributed by atoms with van der Waals surface area (Å²) < 4.78 is 0. The minimum Gasteiger partial charge on any atom is -0.0836 e. The van der Waals surface area contributed by atoms with Crippen molar-refractivity contribution in [3.8, 4) is 44.5 Å². The van der Waals surface area contributed by atoms with Crippen molar-refractivity contribution >= 4 is 61.6 Å². The number of rotatable bonds is 11. The van der Waals surface area contributed by atoms with Gasteiger partial charge in [0.1, 0.15) is 0 Å². The summed E-state index contributed by atoms with van der Waals surface area (Å²) in [5, 5.41) is 4.83. The molecular formula is C87H72. The average molecular weight is 1120 g/mol. The van der Waals surface area contributed by atoms with Crippen LogP contribution in [0.3, 0.4) is 0 Å². The van der Waals surface area contributed by atoms with Gasteiger partial charge in [-0.3, -0.25) is 0 Å². The minimum atomic E-state index is 0.446. The van der Waals surface area contributed by atoms with Crippen LogP contribution in [-0.4, -0.2) is 0 Å². The molecule has 0 heterocycles. The molecule has 2 bridgehead atoms. The maximum absolute atomic E-state index is 2.51. The number of hydrogen-bond donors (Lipinski definition) is 0. The molecule has 0 heteroatoms. The lowest BCUT2D eigenvalue weighted by molar-refractivity contribution is 0.816. The van der Waals surface area contributed by atoms with E-state index < -0.39 is 0 Å². The van der Waals surface area contributed by atoms with Gasteiger partial charge in [0, 0.05) is 0 Å². The van der Waals surface area contributed by atoms with Crippen molar-refractivity contribution in [1.82, 2.24) is 0 Å². The normalized spacial score (nSPS) is 19.4. The fourth-order valence-electron chi connectivity index (χ4n) is 14.1. The molecule has 1 unspecified atom stereocenters. The van der Waals surface area contributed by atoms with E-state index in [1.54, 1.807) is 0 Å². The van der Waals surface area contributed by atoms with Crippen LogP contribution in [0.15, 0.2) is 290 Å². The summed E-state index contributed by atoms with van der Waals surface area (Å²) in [5.41, 5.74) is 30.4. The van der Waals surface area contributed by atoms with Crippen LogP contribution in [0.4, 0.5) is 0 Å². The highest BCUT2D eigenvalue weighted by Gasteiger charge is 2.24. The molecule has 6 aliphatic rings. The average Bonchev–Trinajstić information content (AvgIpc) is 0.933. The fraction of sp³-hybridized carbons (Fsp3) is 0.126. The highest BCUT2D eigenvalue weighted by Crippen LogP contribution is 2.48. The summed E-state index contributed by atoms with van der Waals surface area (Å²) in [6, 6.07) is 67.1. The molecule has 0 spiro atoms. The standard InChI is InChI=1S/C87H72/c1-4-24-80-79(43-23-44-81(80)75-39-17-14-25-59(75)2)72-37-20-34-67(54-72)69-50-52-83-84(58-69)86(73-32-11-8-6-5-7-10-27-62-28-15-16-31-65(62)55-73)82-51-49-68(66-33-19-35-70(53-66)77-41-22-40-76(60(77)3)63-29-12-9-13-30-63)57-85(82)87(83)74-38-21-36-71(56-74)78-42-18-26-61-45-47-64(78)48-46-61/h5-8,10-12,14-22,25-43,45,47-58,61H,4,9,13,23-24,44,46H2,1-3H3/b6-5?,7-5+,8-6-,10-7?,11-8?,26-18-,27-10-,32-11-,62-27?,65-55?,73-32?,73-55+,78-42+. The molecule has 0 radical (unpaired) electrons. The van der Waals surface area contributed by atoms with Crippen LogP contribution in [0.5, 0.6) is 0 Å². The Bertz CT molecular complexity index is 4660. The lowest BCUT2D eigenvalue weighted by Gasteiger charge is -2.24. The van der Waals surface area contributed by atoms with E-state index in [0.29, 0.717) is 5.92 Å². The Morgan fingerprint density at radius 3 is 1.79 bits per heavy atom. The predicted octanol–water partition coefficient (Wildman–Crippen LogP) is 24.1. The second-order valence-electron chi connectivity index (χ2n) is 23.9. The summed E-state index contributed by atoms with van der Waals surface area (Å²) in [6.07, 6.45) is 50.8. The Morgan fingerprint density at radius 1 is 0.402 bits per heavy atom. The first-order chi connectivity index (χ1) is 42.9. The van der Waals surface area contributed by atoms with Crippen molar-refractivity contribution in [3.05, 3.63) is 340 Å². The zero-order valence-electron chi connectivity index (χ0n) is 50.2. The molecule has 0 saturated carbocycles. The Balaban J connectivity index is 1.02. The molecule has 0 amide bonds. The first kappa shape index (κ1) is 55.0. The predicted molar refractivity (Wildman–Crippen MR) is 378 cm³/mol. The maximum Gasteiger partial charge on any atom is -0.00122 e. The number of hydrogen-bond acceptors (Lipinski definition) is 0. The fourth-order valence-corrected chi connectivity index (χ4v) is 14.1. The molecule has 6 aliphatic carbocycles. The topological polar surface area (TPSA) is 0 Å². The summed E-state index contributed by atoms with van der Waals surface area (Å²) in [4.78, 5) is 0. The van der Waals surface area contributed by atoms with Gasteiger partial charge >= 0.3 is 0 Å². The molecule has 0 saturated heterocycles. The zero-order valence-corrected chi connectivity index (χ0v) is 50.2. The SMILES string of the molecule is CCCC1=C(c2ccccc2C)CCC=C1c1cccc(-c2ccc3c(-c4cccc(/C5=C/C=C\C6C=CC5=CC6)c4)c4cc(-c5cccc(-c6cccc(C7=CCCC=C7)c6C)c5)ccc4c(C4=C\c5ccccc5\C=C/C=C/C=C\C=C/4)c3c2)c1. The van der Waals surface area contributed by atoms with E-state index in [1.807, 2.05) is 0 Å². The van der Waals surface area contributed by atoms with Gasteiger partial charge in [0.25, 0.3) is 0 Å². The molecule has 0 nitrogen and oxygen atoms in total. The third-order valence-corrected chi connectivity index (χ3v) is 18.4. The lowest BCUT2D eigenvalue weighted by atomic mass is 9.80. The van der Waals surface area contributed by atoms with Crippen molar-refractivity contribution in [2.24, 2.45) is 5.92 Å². The van der Waals surface area contributed by atoms with E-state index in [4.69, 9.17) is 0 Å². The molecule has 420 valence electrons. The van der Waals surface area contributed by atoms with Crippen LogP contribution >= 0.6 is 0 Å². The van der Waals surface area contributed by atoms with Gasteiger partial charge in [-0.15, -0.1) is 0 Å². The highest BCUT2D eigenvalue weighted by molar-refractivity contribution is 6.22. The molecule has 87 heavy (non-hydrogen) atoms. The second-order valence-corrected chi connectivity index (χ2v) is 23.9. The molecule has 0 fully saturated rings. The van der Waals surface area contributed by atoms with Gasteiger partial charge in [0.05, 0.1) is 0 Å². The van der Waals surface area contributed by atoms with E-state index >= 15 is 0 Å². The third-order valence-electron chi connectivity index (χ3n) is 18.4. The van der Waals surface area contributed by atoms with Crippen LogP contribution in [0, 0.1) is 19.8 Å². The summed E-state index contributed by atoms with van der Waals surface area (Å²) >= 11 is 0. The van der Waals surface area contributed by atoms with Gasteiger partial charge in [0.15, 0.2) is 0 Å². The third kappa shape index (κ3) is 11.1. The number of fused-ring (bicyclic) bond motifs is 5. The highest BCUT2D eigenvalue weighted by atomic mass is 14.3. The van der Waals surface area contributed by atoms with Gasteiger partial charge in [-0.1, -0.05) is 268 Å². The van der Waals surface area contributed by atoms with Crippen LogP contribution in [0.2, 0.25) is 0 Å². The van der Waals surface area contributed by atoms with Gasteiger partial charge in [0.2, 0.25) is 0 Å². The molecule has 0 N–H and O–H groups in total. The van der Waals surface area contributed by atoms with Crippen molar-refractivity contribution in [3.63, 3.8) is 0 Å². The second kappa shape index (κ2) is 24.6. The Kier molecular flexibility index (Phi) is 15.6. The van der Waals surface area contributed by atoms with Crippen LogP contribution in [0.1, 0.15) is 102 Å². The Labute approximate surface area is 515 Å². The van der Waals surface area contributed by atoms with E-state index in [-0.39, 0.29) is 0 Å². The summed E-state index contributed by atoms with van der Waals surface area (Å²) in [7, 11) is 0. The molecule has 0 aromatic heterocycles. The largest absolute Gasteiger partial charge is 0.0836 e. The van der Waals surface area contributed by atoms with E-state index in [1.165, 1.54) is 144 Å². The van der Waals surface area contributed by atoms with Gasteiger partial charge in [-0.2, -0.15) is 0 Å². The van der Waals surface area contributed by atoms with Gasteiger partial charge in [-0.05, 0) is 250 Å². The summed E-state index contributed by atoms with van der Waals surface area (Å²) in [6.45, 7) is 6.87. The van der Waals surface area contributed by atoms with Crippen LogP contribution in [0.25, 0.3) is 106 Å². The van der Waals surface area contributed by atoms with Crippen molar-refractivity contribution in [2.45, 2.75) is 65.7 Å². The van der Waals surface area contributed by atoms with E-state index in [0.717, 1.165) is 56.1 Å². The van der Waals surface area contributed by atoms with Crippen molar-refractivity contribution < 1.29 is 0 Å². The number of aryl methyl sites for hydroxylation is 1. The smallest absolute Gasteiger partial charge is 0.00122 e. The van der Waals surface area contributed by atoms with E-state index in [2.05, 4.69) is 312 Å². The quantitative estimate of drug-likeness (QED) is 0.113. The molecule has 1 atom stereocenters. The van der Waals surface area contributed by atoms with Gasteiger partial charge in [-0.25, -0.2) is 0 Å². The van der Waals surface area contributed by atoms with Gasteiger partial charge < -0.3 is 0 Å². The molecular weight excluding hydrogens is 1040 g/mol. The minimum absolute atomic E-state index is 0.446. The van der Waals surface area contributed by atoms with Crippen molar-refractivity contribution in [1.29, 1.82) is 0 Å². The summed E-state index contributed by atoms with van der Waals surface area (Å²) in [5.74, 6) is 0.446. The first-order valence-corrected chi connectivity index (χ1v) is 31.5. The maximum atomic E-state index is 2.51. The zero-order chi connectivity index (χ0) is 58.6. The van der Waals surface area contributed by atoms with Crippen LogP contribution in [-0.2, 0) is 0 Å². The first-order valence-electron chi connectivity index (χ1n) is 31.5. The molecule has 0 aliphatic heterocycles. The Hall–Kier alpha value is -9.88. The molecule has 9 aromatic rings. The van der Waals surface area contributed by atoms with Crippen LogP contribution < -0.4 is 0 Å². The van der Waals surface area contributed by atoms with E-state index in [9.17, 15) is 0 Å². The monoisotopic (exact) mass is 1120 g/mol. The molecule has 9 aromatic carbocycles. The Morgan fingerprint density at radius 2 is 1.03 bits per heavy atom. The molecule has 15 rings (SSSR count). The number of allylic oxidation sites excluding steroid dienone is 24. The van der Waals surface area contributed by atoms with Crippen molar-refractivity contribution in [2.75, 3.05) is 0 Å². The lowest BCUT2D eigenvalue weighted by Crippen LogP contribution is -2.03. The number of benzene rings is 9.